The number of hydrogen-bond donors (Lipinski definition) is 1. The molecule has 1 amide bonds. The molecule has 96 valence electrons. The smallest absolute Gasteiger partial charge is 0.225 e. The van der Waals surface area contributed by atoms with Gasteiger partial charge >= 0.3 is 0 Å². The SMILES string of the molecule is CNC(=O)C1CCN(c2ncc(C=O)cn2)CC1. The number of aldehydes is 1. The Morgan fingerprint density at radius 3 is 2.50 bits per heavy atom. The minimum atomic E-state index is 0.0838. The quantitative estimate of drug-likeness (QED) is 0.776. The summed E-state index contributed by atoms with van der Waals surface area (Å²) in [6.45, 7) is 1.52. The molecule has 0 aromatic carbocycles. The molecule has 0 spiro atoms. The fraction of sp³-hybridized carbons (Fsp3) is 0.500. The van der Waals surface area contributed by atoms with Crippen LogP contribution in [0, 0.1) is 5.92 Å². The Morgan fingerprint density at radius 2 is 2.00 bits per heavy atom. The molecular weight excluding hydrogens is 232 g/mol. The predicted octanol–water partition coefficient (Wildman–Crippen LogP) is 0.251. The first-order chi connectivity index (χ1) is 8.74. The largest absolute Gasteiger partial charge is 0.359 e. The van der Waals surface area contributed by atoms with Crippen molar-refractivity contribution in [1.29, 1.82) is 0 Å². The third-order valence-corrected chi connectivity index (χ3v) is 3.19. The maximum atomic E-state index is 11.5. The fourth-order valence-corrected chi connectivity index (χ4v) is 2.10. The van der Waals surface area contributed by atoms with Gasteiger partial charge in [-0.25, -0.2) is 9.97 Å². The van der Waals surface area contributed by atoms with Gasteiger partial charge in [0.05, 0.1) is 5.56 Å². The van der Waals surface area contributed by atoms with Gasteiger partial charge in [0.15, 0.2) is 6.29 Å². The van der Waals surface area contributed by atoms with Crippen LogP contribution in [0.5, 0.6) is 0 Å². The normalized spacial score (nSPS) is 16.4. The number of carbonyl (C=O) groups excluding carboxylic acids is 2. The van der Waals surface area contributed by atoms with Crippen molar-refractivity contribution in [3.05, 3.63) is 18.0 Å². The van der Waals surface area contributed by atoms with Crippen molar-refractivity contribution < 1.29 is 9.59 Å². The van der Waals surface area contributed by atoms with Crippen molar-refractivity contribution in [3.8, 4) is 0 Å². The lowest BCUT2D eigenvalue weighted by Crippen LogP contribution is -2.40. The molecule has 6 heteroatoms. The number of hydrogen-bond acceptors (Lipinski definition) is 5. The van der Waals surface area contributed by atoms with Gasteiger partial charge in [-0.3, -0.25) is 9.59 Å². The first-order valence-corrected chi connectivity index (χ1v) is 5.98. The van der Waals surface area contributed by atoms with Crippen molar-refractivity contribution in [3.63, 3.8) is 0 Å². The standard InChI is InChI=1S/C12H16N4O2/c1-13-11(18)10-2-4-16(5-3-10)12-14-6-9(8-17)7-15-12/h6-8,10H,2-5H2,1H3,(H,13,18). The van der Waals surface area contributed by atoms with Crippen molar-refractivity contribution in [2.75, 3.05) is 25.0 Å². The van der Waals surface area contributed by atoms with Crippen LogP contribution in [0.2, 0.25) is 0 Å². The Bertz CT molecular complexity index is 424. The number of aromatic nitrogens is 2. The molecule has 0 unspecified atom stereocenters. The highest BCUT2D eigenvalue weighted by Gasteiger charge is 2.25. The van der Waals surface area contributed by atoms with E-state index < -0.39 is 0 Å². The highest BCUT2D eigenvalue weighted by Crippen LogP contribution is 2.20. The topological polar surface area (TPSA) is 75.2 Å². The Balaban J connectivity index is 1.96. The van der Waals surface area contributed by atoms with Crippen LogP contribution in [0.3, 0.4) is 0 Å². The summed E-state index contributed by atoms with van der Waals surface area (Å²) in [5.41, 5.74) is 0.471. The molecule has 6 nitrogen and oxygen atoms in total. The van der Waals surface area contributed by atoms with E-state index in [1.807, 2.05) is 4.90 Å². The van der Waals surface area contributed by atoms with E-state index in [1.165, 1.54) is 12.4 Å². The number of rotatable bonds is 3. The summed E-state index contributed by atoms with van der Waals surface area (Å²) in [4.78, 5) is 32.3. The van der Waals surface area contributed by atoms with Gasteiger partial charge in [-0.1, -0.05) is 0 Å². The van der Waals surface area contributed by atoms with Crippen LogP contribution >= 0.6 is 0 Å². The van der Waals surface area contributed by atoms with E-state index in [2.05, 4.69) is 15.3 Å². The highest BCUT2D eigenvalue weighted by atomic mass is 16.1. The Morgan fingerprint density at radius 1 is 1.39 bits per heavy atom. The predicted molar refractivity (Wildman–Crippen MR) is 66.4 cm³/mol. The number of anilines is 1. The lowest BCUT2D eigenvalue weighted by Gasteiger charge is -2.30. The zero-order valence-electron chi connectivity index (χ0n) is 10.3. The van der Waals surface area contributed by atoms with Crippen LogP contribution < -0.4 is 10.2 Å². The zero-order chi connectivity index (χ0) is 13.0. The molecule has 2 rings (SSSR count). The van der Waals surface area contributed by atoms with Crippen LogP contribution in [0.1, 0.15) is 23.2 Å². The van der Waals surface area contributed by atoms with Gasteiger partial charge in [0.25, 0.3) is 0 Å². The molecule has 1 fully saturated rings. The van der Waals surface area contributed by atoms with Crippen LogP contribution in [0.4, 0.5) is 5.95 Å². The number of amides is 1. The van der Waals surface area contributed by atoms with E-state index in [-0.39, 0.29) is 11.8 Å². The van der Waals surface area contributed by atoms with E-state index in [9.17, 15) is 9.59 Å². The molecule has 1 aliphatic heterocycles. The summed E-state index contributed by atoms with van der Waals surface area (Å²) >= 11 is 0. The Kier molecular flexibility index (Phi) is 3.86. The summed E-state index contributed by atoms with van der Waals surface area (Å²) < 4.78 is 0. The molecule has 2 heterocycles. The molecular formula is C12H16N4O2. The summed E-state index contributed by atoms with van der Waals surface area (Å²) in [5, 5.41) is 2.68. The summed E-state index contributed by atoms with van der Waals surface area (Å²) in [5.74, 6) is 0.809. The molecule has 0 radical (unpaired) electrons. The van der Waals surface area contributed by atoms with Crippen molar-refractivity contribution >= 4 is 18.1 Å². The molecule has 0 atom stereocenters. The van der Waals surface area contributed by atoms with E-state index in [0.717, 1.165) is 32.2 Å². The third-order valence-electron chi connectivity index (χ3n) is 3.19. The maximum absolute atomic E-state index is 11.5. The first kappa shape index (κ1) is 12.5. The molecule has 0 saturated carbocycles. The summed E-state index contributed by atoms with van der Waals surface area (Å²) in [7, 11) is 1.66. The summed E-state index contributed by atoms with van der Waals surface area (Å²) in [6.07, 6.45) is 5.36. The minimum absolute atomic E-state index is 0.0838. The van der Waals surface area contributed by atoms with Crippen LogP contribution in [-0.4, -0.2) is 42.3 Å². The Hall–Kier alpha value is -1.98. The number of nitrogens with one attached hydrogen (secondary N) is 1. The lowest BCUT2D eigenvalue weighted by atomic mass is 9.96. The van der Waals surface area contributed by atoms with Crippen LogP contribution in [0.15, 0.2) is 12.4 Å². The average Bonchev–Trinajstić information content (AvgIpc) is 2.47. The van der Waals surface area contributed by atoms with E-state index >= 15 is 0 Å². The third kappa shape index (κ3) is 2.64. The first-order valence-electron chi connectivity index (χ1n) is 5.98. The van der Waals surface area contributed by atoms with E-state index in [1.54, 1.807) is 7.05 Å². The summed E-state index contributed by atoms with van der Waals surface area (Å²) in [6, 6.07) is 0. The second-order valence-electron chi connectivity index (χ2n) is 4.31. The molecule has 18 heavy (non-hydrogen) atoms. The van der Waals surface area contributed by atoms with E-state index in [4.69, 9.17) is 0 Å². The molecule has 1 aromatic heterocycles. The second kappa shape index (κ2) is 5.57. The van der Waals surface area contributed by atoms with Gasteiger partial charge in [-0.15, -0.1) is 0 Å². The van der Waals surface area contributed by atoms with Crippen molar-refractivity contribution in [2.24, 2.45) is 5.92 Å². The van der Waals surface area contributed by atoms with Crippen LogP contribution in [-0.2, 0) is 4.79 Å². The molecule has 1 N–H and O–H groups in total. The minimum Gasteiger partial charge on any atom is -0.359 e. The second-order valence-corrected chi connectivity index (χ2v) is 4.31. The van der Waals surface area contributed by atoms with Crippen LogP contribution in [0.25, 0.3) is 0 Å². The lowest BCUT2D eigenvalue weighted by molar-refractivity contribution is -0.125. The van der Waals surface area contributed by atoms with Crippen molar-refractivity contribution in [1.82, 2.24) is 15.3 Å². The maximum Gasteiger partial charge on any atom is 0.225 e. The number of carbonyl (C=O) groups is 2. The Labute approximate surface area is 105 Å². The fourth-order valence-electron chi connectivity index (χ4n) is 2.10. The molecule has 1 saturated heterocycles. The monoisotopic (exact) mass is 248 g/mol. The molecule has 1 aliphatic rings. The van der Waals surface area contributed by atoms with Gasteiger partial charge in [0, 0.05) is 38.4 Å². The number of nitrogens with zero attached hydrogens (tertiary/aromatic N) is 3. The number of piperidine rings is 1. The van der Waals surface area contributed by atoms with Gasteiger partial charge in [-0.2, -0.15) is 0 Å². The van der Waals surface area contributed by atoms with E-state index in [0.29, 0.717) is 11.5 Å². The molecule has 1 aromatic rings. The highest BCUT2D eigenvalue weighted by molar-refractivity contribution is 5.78. The zero-order valence-corrected chi connectivity index (χ0v) is 10.3. The van der Waals surface area contributed by atoms with Gasteiger partial charge in [-0.05, 0) is 12.8 Å². The molecule has 0 aliphatic carbocycles. The average molecular weight is 248 g/mol. The van der Waals surface area contributed by atoms with Gasteiger partial charge < -0.3 is 10.2 Å². The molecule has 0 bridgehead atoms. The van der Waals surface area contributed by atoms with Gasteiger partial charge in [0.2, 0.25) is 11.9 Å². The van der Waals surface area contributed by atoms with Gasteiger partial charge in [0.1, 0.15) is 0 Å². The van der Waals surface area contributed by atoms with Crippen molar-refractivity contribution in [2.45, 2.75) is 12.8 Å².